The van der Waals surface area contributed by atoms with Crippen LogP contribution in [0, 0.1) is 0 Å². The van der Waals surface area contributed by atoms with Crippen molar-refractivity contribution in [3.63, 3.8) is 0 Å². The van der Waals surface area contributed by atoms with Crippen LogP contribution in [0.25, 0.3) is 0 Å². The van der Waals surface area contributed by atoms with Crippen LogP contribution in [0.4, 0.5) is 0 Å². The molecule has 2 bridgehead atoms. The minimum Gasteiger partial charge on any atom is -0.369 e. The van der Waals surface area contributed by atoms with E-state index in [-0.39, 0.29) is 49.1 Å². The predicted octanol–water partition coefficient (Wildman–Crippen LogP) is 5.19. The number of ether oxygens (including phenoxy) is 4. The molecule has 0 aromatic heterocycles. The molecule has 5 rings (SSSR count). The second-order valence-electron chi connectivity index (χ2n) is 8.57. The maximum absolute atomic E-state index is 11.5. The van der Waals surface area contributed by atoms with Gasteiger partial charge in [-0.25, -0.2) is 0 Å². The third-order valence-corrected chi connectivity index (χ3v) is 6.75. The van der Waals surface area contributed by atoms with Gasteiger partial charge in [0.2, 0.25) is 0 Å². The quantitative estimate of drug-likeness (QED) is 0.641. The standard InChI is InChI=1S/C19H28O5.2C2H6.H2/c1-12(20)9-13-5-6-16-18(22-13)10-14(21-16)17-15(11-18)23-19(24-17)7-3-2-4-8-19;2*1-2;/h13-17H,2-11H2,1H3;2*1-2H3;1H/t13?,14?,15?,16?,17?,18-;;;/m1.../s1. The lowest BCUT2D eigenvalue weighted by Gasteiger charge is -2.44. The normalized spacial score (nSPS) is 42.4. The Hall–Kier alpha value is -0.490. The van der Waals surface area contributed by atoms with Crippen LogP contribution in [0.2, 0.25) is 0 Å². The van der Waals surface area contributed by atoms with E-state index in [1.165, 1.54) is 19.3 Å². The number of rotatable bonds is 2. The molecule has 0 radical (unpaired) electrons. The summed E-state index contributed by atoms with van der Waals surface area (Å²) < 4.78 is 25.8. The van der Waals surface area contributed by atoms with Crippen LogP contribution in [0.5, 0.6) is 0 Å². The molecule has 0 aromatic rings. The van der Waals surface area contributed by atoms with Crippen molar-refractivity contribution < 1.29 is 25.2 Å². The van der Waals surface area contributed by atoms with Gasteiger partial charge in [0, 0.05) is 33.5 Å². The Morgan fingerprint density at radius 1 is 0.929 bits per heavy atom. The first-order valence-electron chi connectivity index (χ1n) is 11.8. The van der Waals surface area contributed by atoms with Gasteiger partial charge in [-0.1, -0.05) is 34.1 Å². The summed E-state index contributed by atoms with van der Waals surface area (Å²) >= 11 is 0. The number of hydrogen-bond donors (Lipinski definition) is 0. The third-order valence-electron chi connectivity index (χ3n) is 6.75. The fourth-order valence-electron chi connectivity index (χ4n) is 5.79. The van der Waals surface area contributed by atoms with E-state index in [4.69, 9.17) is 18.9 Å². The Bertz CT molecular complexity index is 535. The van der Waals surface area contributed by atoms with Crippen LogP contribution in [-0.4, -0.2) is 47.7 Å². The van der Waals surface area contributed by atoms with Crippen molar-refractivity contribution in [2.24, 2.45) is 0 Å². The minimum absolute atomic E-state index is 0. The van der Waals surface area contributed by atoms with Crippen molar-refractivity contribution >= 4 is 5.78 Å². The lowest BCUT2D eigenvalue weighted by Crippen LogP contribution is -2.53. The highest BCUT2D eigenvalue weighted by molar-refractivity contribution is 5.76. The first-order chi connectivity index (χ1) is 13.6. The zero-order valence-corrected chi connectivity index (χ0v) is 18.5. The molecule has 6 atom stereocenters. The Morgan fingerprint density at radius 3 is 2.29 bits per heavy atom. The van der Waals surface area contributed by atoms with E-state index in [9.17, 15) is 4.79 Å². The summed E-state index contributed by atoms with van der Waals surface area (Å²) in [5.41, 5.74) is -0.256. The zero-order chi connectivity index (χ0) is 20.4. The highest BCUT2D eigenvalue weighted by Gasteiger charge is 2.65. The molecule has 164 valence electrons. The summed E-state index contributed by atoms with van der Waals surface area (Å²) in [6.45, 7) is 9.65. The van der Waals surface area contributed by atoms with Gasteiger partial charge in [-0.05, 0) is 32.6 Å². The second kappa shape index (κ2) is 9.11. The molecule has 5 heteroatoms. The van der Waals surface area contributed by atoms with Crippen LogP contribution >= 0.6 is 0 Å². The molecular formula is C23H42O5. The molecule has 5 unspecified atom stereocenters. The highest BCUT2D eigenvalue weighted by atomic mass is 16.8. The van der Waals surface area contributed by atoms with Crippen molar-refractivity contribution in [1.29, 1.82) is 0 Å². The van der Waals surface area contributed by atoms with Gasteiger partial charge in [-0.15, -0.1) is 0 Å². The molecule has 3 heterocycles. The van der Waals surface area contributed by atoms with Gasteiger partial charge < -0.3 is 18.9 Å². The molecule has 3 aliphatic heterocycles. The Kier molecular flexibility index (Phi) is 7.23. The molecule has 5 fully saturated rings. The fourth-order valence-corrected chi connectivity index (χ4v) is 5.79. The maximum atomic E-state index is 11.5. The van der Waals surface area contributed by atoms with Crippen LogP contribution in [0.3, 0.4) is 0 Å². The summed E-state index contributed by atoms with van der Waals surface area (Å²) in [6, 6.07) is 0. The molecule has 2 spiro atoms. The molecule has 2 saturated carbocycles. The predicted molar refractivity (Wildman–Crippen MR) is 110 cm³/mol. The molecule has 0 amide bonds. The number of ketones is 1. The van der Waals surface area contributed by atoms with E-state index in [2.05, 4.69) is 0 Å². The summed E-state index contributed by atoms with van der Waals surface area (Å²) in [5.74, 6) is -0.151. The SMILES string of the molecule is CC.CC.CC(=O)CC1CCC2OC3C[C@]2(CC2OC4(CCCCC4)OC32)O1.[HH]. The van der Waals surface area contributed by atoms with Crippen molar-refractivity contribution in [3.8, 4) is 0 Å². The summed E-state index contributed by atoms with van der Waals surface area (Å²) in [4.78, 5) is 11.5. The average Bonchev–Trinajstić information content (AvgIpc) is 3.20. The van der Waals surface area contributed by atoms with Crippen LogP contribution in [0.1, 0.15) is 100 Å². The summed E-state index contributed by atoms with van der Waals surface area (Å²) in [5, 5.41) is 0. The molecule has 0 N–H and O–H groups in total. The van der Waals surface area contributed by atoms with Gasteiger partial charge in [0.05, 0.1) is 30.0 Å². The monoisotopic (exact) mass is 398 g/mol. The van der Waals surface area contributed by atoms with E-state index in [1.54, 1.807) is 6.92 Å². The summed E-state index contributed by atoms with van der Waals surface area (Å²) in [6.07, 6.45) is 10.3. The molecule has 28 heavy (non-hydrogen) atoms. The van der Waals surface area contributed by atoms with E-state index in [0.29, 0.717) is 6.42 Å². The number of fused-ring (bicyclic) bond motifs is 3. The molecule has 5 nitrogen and oxygen atoms in total. The number of carbonyl (C=O) groups excluding carboxylic acids is 1. The molecular weight excluding hydrogens is 356 g/mol. The first-order valence-corrected chi connectivity index (χ1v) is 11.8. The minimum atomic E-state index is -0.360. The Balaban J connectivity index is 0.000000567. The van der Waals surface area contributed by atoms with Crippen LogP contribution < -0.4 is 0 Å². The Labute approximate surface area is 172 Å². The van der Waals surface area contributed by atoms with Crippen molar-refractivity contribution in [2.75, 3.05) is 0 Å². The number of carbonyl (C=O) groups is 1. The topological polar surface area (TPSA) is 54.0 Å². The third kappa shape index (κ3) is 4.05. The molecule has 3 saturated heterocycles. The second-order valence-corrected chi connectivity index (χ2v) is 8.57. The van der Waals surface area contributed by atoms with Crippen molar-refractivity contribution in [2.45, 2.75) is 141 Å². The first kappa shape index (κ1) is 22.2. The van der Waals surface area contributed by atoms with E-state index in [1.807, 2.05) is 27.7 Å². The Morgan fingerprint density at radius 2 is 1.61 bits per heavy atom. The van der Waals surface area contributed by atoms with Gasteiger partial charge in [0.15, 0.2) is 5.79 Å². The van der Waals surface area contributed by atoms with E-state index in [0.717, 1.165) is 38.5 Å². The van der Waals surface area contributed by atoms with E-state index < -0.39 is 0 Å². The summed E-state index contributed by atoms with van der Waals surface area (Å²) in [7, 11) is 0. The lowest BCUT2D eigenvalue weighted by molar-refractivity contribution is -0.215. The molecule has 5 aliphatic rings. The van der Waals surface area contributed by atoms with Gasteiger partial charge in [-0.2, -0.15) is 0 Å². The van der Waals surface area contributed by atoms with Gasteiger partial charge in [-0.3, -0.25) is 4.79 Å². The fraction of sp³-hybridized carbons (Fsp3) is 0.957. The maximum Gasteiger partial charge on any atom is 0.169 e. The number of Topliss-reactive ketones (excluding diaryl/α,β-unsaturated/α-hetero) is 1. The highest BCUT2D eigenvalue weighted by Crippen LogP contribution is 2.55. The average molecular weight is 399 g/mol. The molecule has 0 aromatic carbocycles. The van der Waals surface area contributed by atoms with Crippen LogP contribution in [0.15, 0.2) is 0 Å². The van der Waals surface area contributed by atoms with Gasteiger partial charge in [0.25, 0.3) is 0 Å². The van der Waals surface area contributed by atoms with Gasteiger partial charge in [0.1, 0.15) is 11.9 Å². The van der Waals surface area contributed by atoms with Gasteiger partial charge >= 0.3 is 0 Å². The van der Waals surface area contributed by atoms with Crippen molar-refractivity contribution in [3.05, 3.63) is 0 Å². The van der Waals surface area contributed by atoms with Crippen LogP contribution in [-0.2, 0) is 23.7 Å². The largest absolute Gasteiger partial charge is 0.369 e. The van der Waals surface area contributed by atoms with Crippen molar-refractivity contribution in [1.82, 2.24) is 0 Å². The zero-order valence-electron chi connectivity index (χ0n) is 18.5. The number of hydrogen-bond acceptors (Lipinski definition) is 5. The van der Waals surface area contributed by atoms with E-state index >= 15 is 0 Å². The lowest BCUT2D eigenvalue weighted by atomic mass is 9.76. The smallest absolute Gasteiger partial charge is 0.169 e. The molecule has 2 aliphatic carbocycles.